The molecule has 112 valence electrons. The first-order chi connectivity index (χ1) is 10.0. The van der Waals surface area contributed by atoms with Gasteiger partial charge in [0.25, 0.3) is 0 Å². The first-order valence-corrected chi connectivity index (χ1v) is 7.04. The average Bonchev–Trinajstić information content (AvgIpc) is 2.45. The highest BCUT2D eigenvalue weighted by atomic mass is 35.5. The second kappa shape index (κ2) is 6.96. The highest BCUT2D eigenvalue weighted by molar-refractivity contribution is 6.31. The summed E-state index contributed by atoms with van der Waals surface area (Å²) >= 11 is 6.05. The van der Waals surface area contributed by atoms with Crippen molar-refractivity contribution in [2.75, 3.05) is 6.54 Å². The van der Waals surface area contributed by atoms with Gasteiger partial charge in [-0.3, -0.25) is 0 Å². The summed E-state index contributed by atoms with van der Waals surface area (Å²) in [5.41, 5.74) is 0.160. The zero-order valence-corrected chi connectivity index (χ0v) is 12.2. The maximum Gasteiger partial charge on any atom is 0.129 e. The lowest BCUT2D eigenvalue weighted by molar-refractivity contribution is 0.513. The fraction of sp³-hybridized carbons (Fsp3) is 0.250. The summed E-state index contributed by atoms with van der Waals surface area (Å²) in [6.45, 7) is 2.44. The Balaban J connectivity index is 2.55. The van der Waals surface area contributed by atoms with Gasteiger partial charge >= 0.3 is 0 Å². The van der Waals surface area contributed by atoms with Gasteiger partial charge < -0.3 is 5.32 Å². The van der Waals surface area contributed by atoms with E-state index >= 15 is 0 Å². The number of hydrogen-bond acceptors (Lipinski definition) is 1. The van der Waals surface area contributed by atoms with Gasteiger partial charge in [-0.25, -0.2) is 13.2 Å². The Kier molecular flexibility index (Phi) is 5.26. The van der Waals surface area contributed by atoms with Crippen LogP contribution in [-0.4, -0.2) is 6.54 Å². The molecule has 1 N–H and O–H groups in total. The average molecular weight is 314 g/mol. The summed E-state index contributed by atoms with van der Waals surface area (Å²) in [6, 6.07) is 6.52. The molecule has 5 heteroatoms. The minimum absolute atomic E-state index is 0.0375. The molecular weight excluding hydrogens is 299 g/mol. The summed E-state index contributed by atoms with van der Waals surface area (Å²) in [5, 5.41) is 3.19. The molecule has 1 unspecified atom stereocenters. The molecule has 0 aliphatic carbocycles. The molecular formula is C16H15ClF3N. The van der Waals surface area contributed by atoms with E-state index in [1.807, 2.05) is 6.92 Å². The molecule has 2 rings (SSSR count). The maximum atomic E-state index is 14.1. The molecule has 0 radical (unpaired) electrons. The van der Waals surface area contributed by atoms with Crippen molar-refractivity contribution in [3.8, 4) is 0 Å². The molecule has 0 aromatic heterocycles. The third-order valence-electron chi connectivity index (χ3n) is 3.16. The van der Waals surface area contributed by atoms with E-state index in [0.29, 0.717) is 6.54 Å². The summed E-state index contributed by atoms with van der Waals surface area (Å²) in [5.74, 6) is -1.74. The van der Waals surface area contributed by atoms with E-state index in [9.17, 15) is 13.2 Å². The van der Waals surface area contributed by atoms with Gasteiger partial charge in [0.05, 0.1) is 6.04 Å². The standard InChI is InChI=1S/C16H15ClF3N/c1-2-8-21-16(11-9-10(18)6-7-13(11)19)15-12(17)4-3-5-14(15)20/h3-7,9,16,21H,2,8H2,1H3. The van der Waals surface area contributed by atoms with Crippen LogP contribution in [0.1, 0.15) is 30.5 Å². The van der Waals surface area contributed by atoms with Gasteiger partial charge in [0.1, 0.15) is 17.5 Å². The van der Waals surface area contributed by atoms with Crippen molar-refractivity contribution in [3.63, 3.8) is 0 Å². The number of nitrogens with one attached hydrogen (secondary N) is 1. The van der Waals surface area contributed by atoms with Crippen molar-refractivity contribution in [1.29, 1.82) is 0 Å². The predicted octanol–water partition coefficient (Wildman–Crippen LogP) is 4.85. The Bertz CT molecular complexity index is 611. The molecule has 0 heterocycles. The van der Waals surface area contributed by atoms with E-state index in [-0.39, 0.29) is 16.1 Å². The third-order valence-corrected chi connectivity index (χ3v) is 3.49. The molecule has 1 atom stereocenters. The van der Waals surface area contributed by atoms with E-state index in [4.69, 9.17) is 11.6 Å². The van der Waals surface area contributed by atoms with Gasteiger partial charge in [-0.2, -0.15) is 0 Å². The van der Waals surface area contributed by atoms with Gasteiger partial charge in [-0.1, -0.05) is 24.6 Å². The first kappa shape index (κ1) is 15.9. The molecule has 0 spiro atoms. The minimum Gasteiger partial charge on any atom is -0.306 e. The first-order valence-electron chi connectivity index (χ1n) is 6.66. The van der Waals surface area contributed by atoms with Gasteiger partial charge in [0.15, 0.2) is 0 Å². The topological polar surface area (TPSA) is 12.0 Å². The Morgan fingerprint density at radius 3 is 2.52 bits per heavy atom. The highest BCUT2D eigenvalue weighted by Crippen LogP contribution is 2.32. The largest absolute Gasteiger partial charge is 0.306 e. The van der Waals surface area contributed by atoms with Crippen LogP contribution in [-0.2, 0) is 0 Å². The normalized spacial score (nSPS) is 12.4. The lowest BCUT2D eigenvalue weighted by Crippen LogP contribution is -2.25. The maximum absolute atomic E-state index is 14.1. The molecule has 21 heavy (non-hydrogen) atoms. The third kappa shape index (κ3) is 3.57. The lowest BCUT2D eigenvalue weighted by atomic mass is 9.97. The summed E-state index contributed by atoms with van der Waals surface area (Å²) < 4.78 is 41.6. The van der Waals surface area contributed by atoms with Crippen LogP contribution >= 0.6 is 11.6 Å². The highest BCUT2D eigenvalue weighted by Gasteiger charge is 2.23. The zero-order valence-electron chi connectivity index (χ0n) is 11.5. The van der Waals surface area contributed by atoms with Crippen molar-refractivity contribution < 1.29 is 13.2 Å². The molecule has 0 fully saturated rings. The van der Waals surface area contributed by atoms with Crippen molar-refractivity contribution in [1.82, 2.24) is 5.32 Å². The van der Waals surface area contributed by atoms with Gasteiger partial charge in [0, 0.05) is 16.1 Å². The molecule has 2 aromatic rings. The quantitative estimate of drug-likeness (QED) is 0.832. The van der Waals surface area contributed by atoms with E-state index < -0.39 is 23.5 Å². The van der Waals surface area contributed by atoms with Crippen molar-refractivity contribution in [3.05, 3.63) is 70.0 Å². The Hall–Kier alpha value is -1.52. The predicted molar refractivity (Wildman–Crippen MR) is 77.9 cm³/mol. The van der Waals surface area contributed by atoms with Crippen LogP contribution in [0.15, 0.2) is 36.4 Å². The zero-order chi connectivity index (χ0) is 15.4. The number of hydrogen-bond donors (Lipinski definition) is 1. The van der Waals surface area contributed by atoms with Gasteiger partial charge in [0.2, 0.25) is 0 Å². The fourth-order valence-electron chi connectivity index (χ4n) is 2.18. The van der Waals surface area contributed by atoms with Crippen LogP contribution in [0.2, 0.25) is 5.02 Å². The van der Waals surface area contributed by atoms with Crippen molar-refractivity contribution >= 4 is 11.6 Å². The Labute approximate surface area is 126 Å². The monoisotopic (exact) mass is 313 g/mol. The van der Waals surface area contributed by atoms with E-state index in [2.05, 4.69) is 5.32 Å². The van der Waals surface area contributed by atoms with Crippen molar-refractivity contribution in [2.45, 2.75) is 19.4 Å². The van der Waals surface area contributed by atoms with Crippen molar-refractivity contribution in [2.24, 2.45) is 0 Å². The van der Waals surface area contributed by atoms with E-state index in [1.165, 1.54) is 18.2 Å². The van der Waals surface area contributed by atoms with E-state index in [0.717, 1.165) is 24.6 Å². The SMILES string of the molecule is CCCNC(c1cc(F)ccc1F)c1c(F)cccc1Cl. The van der Waals surface area contributed by atoms with Gasteiger partial charge in [-0.05, 0) is 43.3 Å². The molecule has 0 saturated heterocycles. The molecule has 0 aliphatic heterocycles. The number of halogens is 4. The summed E-state index contributed by atoms with van der Waals surface area (Å²) in [7, 11) is 0. The fourth-order valence-corrected chi connectivity index (χ4v) is 2.45. The van der Waals surface area contributed by atoms with Crippen LogP contribution in [0, 0.1) is 17.5 Å². The minimum atomic E-state index is -0.839. The van der Waals surface area contributed by atoms with Crippen LogP contribution in [0.3, 0.4) is 0 Å². The molecule has 1 nitrogen and oxygen atoms in total. The molecule has 0 amide bonds. The summed E-state index contributed by atoms with van der Waals surface area (Å²) in [4.78, 5) is 0. The molecule has 0 saturated carbocycles. The molecule has 0 bridgehead atoms. The lowest BCUT2D eigenvalue weighted by Gasteiger charge is -2.22. The molecule has 0 aliphatic rings. The number of rotatable bonds is 5. The van der Waals surface area contributed by atoms with Gasteiger partial charge in [-0.15, -0.1) is 0 Å². The molecule has 2 aromatic carbocycles. The van der Waals surface area contributed by atoms with Crippen LogP contribution in [0.5, 0.6) is 0 Å². The number of benzene rings is 2. The second-order valence-electron chi connectivity index (χ2n) is 4.69. The van der Waals surface area contributed by atoms with E-state index in [1.54, 1.807) is 0 Å². The smallest absolute Gasteiger partial charge is 0.129 e. The van der Waals surface area contributed by atoms with Crippen LogP contribution < -0.4 is 5.32 Å². The Morgan fingerprint density at radius 1 is 1.10 bits per heavy atom. The summed E-state index contributed by atoms with van der Waals surface area (Å²) in [6.07, 6.45) is 0.763. The second-order valence-corrected chi connectivity index (χ2v) is 5.10. The van der Waals surface area contributed by atoms with Crippen LogP contribution in [0.25, 0.3) is 0 Å². The Morgan fingerprint density at radius 2 is 1.86 bits per heavy atom. The van der Waals surface area contributed by atoms with Crippen LogP contribution in [0.4, 0.5) is 13.2 Å².